The number of fused-ring (bicyclic) bond motifs is 1. The molecular formula is C15H13BF3NO4. The van der Waals surface area contributed by atoms with Gasteiger partial charge in [0.05, 0.1) is 5.69 Å². The van der Waals surface area contributed by atoms with Crippen LogP contribution >= 0.6 is 0 Å². The van der Waals surface area contributed by atoms with E-state index in [4.69, 9.17) is 9.49 Å². The zero-order chi connectivity index (χ0) is 17.2. The third kappa shape index (κ3) is 4.12. The lowest BCUT2D eigenvalue weighted by Gasteiger charge is -2.20. The van der Waals surface area contributed by atoms with Gasteiger partial charge in [-0.15, -0.1) is 13.2 Å². The summed E-state index contributed by atoms with van der Waals surface area (Å²) < 4.78 is 45.6. The molecule has 5 nitrogen and oxygen atoms in total. The summed E-state index contributed by atoms with van der Waals surface area (Å²) in [6, 6.07) is 10.4. The van der Waals surface area contributed by atoms with Crippen molar-refractivity contribution in [3.63, 3.8) is 0 Å². The summed E-state index contributed by atoms with van der Waals surface area (Å²) >= 11 is 0. The number of rotatable bonds is 4. The maximum absolute atomic E-state index is 12.2. The molecule has 0 bridgehead atoms. The number of nitrogens with one attached hydrogen (secondary N) is 1. The molecule has 0 unspecified atom stereocenters. The first-order valence-electron chi connectivity index (χ1n) is 7.12. The van der Waals surface area contributed by atoms with Gasteiger partial charge >= 0.3 is 13.5 Å². The first-order chi connectivity index (χ1) is 11.4. The molecule has 0 aromatic heterocycles. The van der Waals surface area contributed by atoms with Crippen molar-refractivity contribution in [3.05, 3.63) is 48.0 Å². The van der Waals surface area contributed by atoms with Crippen molar-refractivity contribution in [2.75, 3.05) is 12.1 Å². The molecule has 2 aromatic rings. The molecule has 2 aromatic carbocycles. The van der Waals surface area contributed by atoms with Gasteiger partial charge in [0.2, 0.25) is 0 Å². The number of halogens is 3. The Balaban J connectivity index is 1.68. The Morgan fingerprint density at radius 2 is 1.92 bits per heavy atom. The molecule has 1 heterocycles. The SMILES string of the molecule is OB1OCCc2ccc(NOc3cccc(OC(F)(F)F)c3)cc21. The van der Waals surface area contributed by atoms with Crippen LogP contribution in [0.5, 0.6) is 11.5 Å². The van der Waals surface area contributed by atoms with Crippen LogP contribution in [0.3, 0.4) is 0 Å². The van der Waals surface area contributed by atoms with Crippen LogP contribution in [0.25, 0.3) is 0 Å². The number of benzene rings is 2. The van der Waals surface area contributed by atoms with E-state index in [2.05, 4.69) is 10.2 Å². The van der Waals surface area contributed by atoms with Gasteiger partial charge in [0.1, 0.15) is 5.75 Å². The van der Waals surface area contributed by atoms with Gasteiger partial charge in [0, 0.05) is 12.7 Å². The number of ether oxygens (including phenoxy) is 1. The molecule has 126 valence electrons. The highest BCUT2D eigenvalue weighted by Gasteiger charge is 2.31. The predicted molar refractivity (Wildman–Crippen MR) is 81.1 cm³/mol. The number of anilines is 1. The molecule has 3 rings (SSSR count). The maximum atomic E-state index is 12.2. The third-order valence-corrected chi connectivity index (χ3v) is 3.38. The van der Waals surface area contributed by atoms with E-state index in [9.17, 15) is 18.2 Å². The van der Waals surface area contributed by atoms with Gasteiger partial charge in [0.15, 0.2) is 5.75 Å². The highest BCUT2D eigenvalue weighted by atomic mass is 19.4. The van der Waals surface area contributed by atoms with Crippen molar-refractivity contribution in [3.8, 4) is 11.5 Å². The molecule has 9 heteroatoms. The molecule has 1 aliphatic rings. The van der Waals surface area contributed by atoms with Crippen LogP contribution in [0.4, 0.5) is 18.9 Å². The molecule has 1 aliphatic heterocycles. The Hall–Kier alpha value is -2.39. The Bertz CT molecular complexity index is 726. The molecule has 0 amide bonds. The first kappa shape index (κ1) is 16.5. The van der Waals surface area contributed by atoms with Crippen LogP contribution in [0.15, 0.2) is 42.5 Å². The zero-order valence-electron chi connectivity index (χ0n) is 12.3. The highest BCUT2D eigenvalue weighted by molar-refractivity contribution is 6.61. The Morgan fingerprint density at radius 1 is 1.12 bits per heavy atom. The van der Waals surface area contributed by atoms with E-state index in [0.717, 1.165) is 11.6 Å². The molecule has 0 saturated heterocycles. The molecule has 0 atom stereocenters. The number of hydrogen-bond donors (Lipinski definition) is 2. The summed E-state index contributed by atoms with van der Waals surface area (Å²) in [5.41, 5.74) is 4.75. The van der Waals surface area contributed by atoms with Gasteiger partial charge in [-0.2, -0.15) is 0 Å². The molecule has 0 spiro atoms. The smallest absolute Gasteiger partial charge is 0.423 e. The molecule has 24 heavy (non-hydrogen) atoms. The second-order valence-electron chi connectivity index (χ2n) is 5.11. The van der Waals surface area contributed by atoms with Crippen LogP contribution in [0.1, 0.15) is 5.56 Å². The van der Waals surface area contributed by atoms with Gasteiger partial charge in [0.25, 0.3) is 0 Å². The molecule has 0 radical (unpaired) electrons. The summed E-state index contributed by atoms with van der Waals surface area (Å²) in [5.74, 6) is -0.234. The van der Waals surface area contributed by atoms with E-state index in [1.54, 1.807) is 12.1 Å². The van der Waals surface area contributed by atoms with Crippen LogP contribution < -0.4 is 20.5 Å². The molecule has 2 N–H and O–H groups in total. The minimum Gasteiger partial charge on any atom is -0.423 e. The fourth-order valence-corrected chi connectivity index (χ4v) is 2.34. The average molecular weight is 339 g/mol. The summed E-state index contributed by atoms with van der Waals surface area (Å²) in [7, 11) is -1.00. The van der Waals surface area contributed by atoms with E-state index >= 15 is 0 Å². The fraction of sp³-hybridized carbons (Fsp3) is 0.200. The Labute approximate surface area is 136 Å². The van der Waals surface area contributed by atoms with Crippen molar-refractivity contribution in [1.82, 2.24) is 0 Å². The molecular weight excluding hydrogens is 326 g/mol. The molecule has 0 aliphatic carbocycles. The minimum atomic E-state index is -4.76. The first-order valence-corrected chi connectivity index (χ1v) is 7.12. The lowest BCUT2D eigenvalue weighted by atomic mass is 9.73. The van der Waals surface area contributed by atoms with Crippen molar-refractivity contribution < 1.29 is 32.4 Å². The summed E-state index contributed by atoms with van der Waals surface area (Å²) in [4.78, 5) is 5.25. The summed E-state index contributed by atoms with van der Waals surface area (Å²) in [5, 5.41) is 9.80. The van der Waals surface area contributed by atoms with E-state index < -0.39 is 13.5 Å². The van der Waals surface area contributed by atoms with Crippen molar-refractivity contribution in [2.24, 2.45) is 0 Å². The van der Waals surface area contributed by atoms with Crippen molar-refractivity contribution in [2.45, 2.75) is 12.8 Å². The largest absolute Gasteiger partial charge is 0.573 e. The Morgan fingerprint density at radius 3 is 2.71 bits per heavy atom. The Kier molecular flexibility index (Phi) is 4.54. The van der Waals surface area contributed by atoms with Crippen molar-refractivity contribution in [1.29, 1.82) is 0 Å². The zero-order valence-corrected chi connectivity index (χ0v) is 12.3. The van der Waals surface area contributed by atoms with Crippen LogP contribution in [-0.2, 0) is 11.1 Å². The molecule has 0 fully saturated rings. The number of alkyl halides is 3. The lowest BCUT2D eigenvalue weighted by molar-refractivity contribution is -0.274. The van der Waals surface area contributed by atoms with Gasteiger partial charge in [-0.05, 0) is 41.7 Å². The normalized spacial score (nSPS) is 14.1. The van der Waals surface area contributed by atoms with E-state index in [1.165, 1.54) is 18.2 Å². The number of hydrogen-bond acceptors (Lipinski definition) is 5. The highest BCUT2D eigenvalue weighted by Crippen LogP contribution is 2.26. The predicted octanol–water partition coefficient (Wildman–Crippen LogP) is 2.25. The second-order valence-corrected chi connectivity index (χ2v) is 5.11. The van der Waals surface area contributed by atoms with Crippen LogP contribution in [-0.4, -0.2) is 25.1 Å². The van der Waals surface area contributed by atoms with E-state index in [1.807, 2.05) is 6.07 Å². The minimum absolute atomic E-state index is 0.145. The third-order valence-electron chi connectivity index (χ3n) is 3.38. The van der Waals surface area contributed by atoms with Gasteiger partial charge in [-0.1, -0.05) is 12.1 Å². The maximum Gasteiger partial charge on any atom is 0.573 e. The fourth-order valence-electron chi connectivity index (χ4n) is 2.34. The standard InChI is InChI=1S/C15H13BF3NO4/c17-15(18,19)23-12-2-1-3-13(9-12)24-20-11-5-4-10-6-7-22-16(21)14(10)8-11/h1-5,8-9,20-21H,6-7H2. The van der Waals surface area contributed by atoms with E-state index in [0.29, 0.717) is 24.2 Å². The second kappa shape index (κ2) is 6.62. The lowest BCUT2D eigenvalue weighted by Crippen LogP contribution is -2.41. The summed E-state index contributed by atoms with van der Waals surface area (Å²) in [6.07, 6.45) is -4.06. The topological polar surface area (TPSA) is 60.0 Å². The van der Waals surface area contributed by atoms with Crippen LogP contribution in [0.2, 0.25) is 0 Å². The quantitative estimate of drug-likeness (QED) is 0.661. The van der Waals surface area contributed by atoms with Crippen molar-refractivity contribution >= 4 is 18.3 Å². The molecule has 0 saturated carbocycles. The van der Waals surface area contributed by atoms with Crippen LogP contribution in [0, 0.1) is 0 Å². The monoisotopic (exact) mass is 339 g/mol. The van der Waals surface area contributed by atoms with Gasteiger partial charge in [-0.3, -0.25) is 0 Å². The van der Waals surface area contributed by atoms with Gasteiger partial charge in [-0.25, -0.2) is 5.48 Å². The van der Waals surface area contributed by atoms with Gasteiger partial charge < -0.3 is 19.3 Å². The average Bonchev–Trinajstić information content (AvgIpc) is 2.52. The summed E-state index contributed by atoms with van der Waals surface area (Å²) in [6.45, 7) is 0.448. The van der Waals surface area contributed by atoms with E-state index in [-0.39, 0.29) is 11.5 Å².